The van der Waals surface area contributed by atoms with Crippen LogP contribution in [-0.4, -0.2) is 77.6 Å². The summed E-state index contributed by atoms with van der Waals surface area (Å²) in [4.78, 5) is 14.3. The Kier molecular flexibility index (Phi) is 6.27. The number of hydrogen-bond donors (Lipinski definition) is 0. The molecule has 0 aliphatic carbocycles. The van der Waals surface area contributed by atoms with Crippen molar-refractivity contribution in [2.45, 2.75) is 31.0 Å². The van der Waals surface area contributed by atoms with Crippen LogP contribution in [0.2, 0.25) is 5.02 Å². The fraction of sp³-hybridized carbons (Fsp3) is 0.588. The van der Waals surface area contributed by atoms with Crippen LogP contribution in [0.3, 0.4) is 0 Å². The van der Waals surface area contributed by atoms with Gasteiger partial charge in [-0.3, -0.25) is 9.00 Å². The van der Waals surface area contributed by atoms with Gasteiger partial charge in [-0.1, -0.05) is 11.6 Å². The second kappa shape index (κ2) is 8.16. The van der Waals surface area contributed by atoms with Crippen LogP contribution in [0.4, 0.5) is 0 Å². The van der Waals surface area contributed by atoms with E-state index in [-0.39, 0.29) is 46.7 Å². The molecule has 2 atom stereocenters. The summed E-state index contributed by atoms with van der Waals surface area (Å²) < 4.78 is 44.7. The molecule has 150 valence electrons. The predicted octanol–water partition coefficient (Wildman–Crippen LogP) is 1.34. The molecule has 2 heterocycles. The number of sulfonamides is 1. The van der Waals surface area contributed by atoms with E-state index in [0.717, 1.165) is 0 Å². The molecular weight excluding hydrogens is 412 g/mol. The minimum atomic E-state index is -3.85. The van der Waals surface area contributed by atoms with Crippen LogP contribution in [0.5, 0.6) is 0 Å². The first kappa shape index (κ1) is 20.7. The molecule has 3 rings (SSSR count). The van der Waals surface area contributed by atoms with Crippen molar-refractivity contribution in [3.8, 4) is 0 Å². The molecule has 1 aromatic carbocycles. The first-order valence-corrected chi connectivity index (χ1v) is 12.1. The third kappa shape index (κ3) is 4.54. The Morgan fingerprint density at radius 3 is 2.37 bits per heavy atom. The van der Waals surface area contributed by atoms with Gasteiger partial charge in [0.25, 0.3) is 5.91 Å². The first-order chi connectivity index (χ1) is 12.7. The standard InChI is InChI=1S/C17H23ClN2O5S2/c1-12-10-20(11-13(2)25-12)27(23,24)16-9-14(3-4-15(16)18)17(21)19-5-7-26(22)8-6-19/h3-4,9,12-13H,5-8,10-11H2,1-2H3. The Hall–Kier alpha value is -1.00. The van der Waals surface area contributed by atoms with Gasteiger partial charge in [-0.2, -0.15) is 4.31 Å². The van der Waals surface area contributed by atoms with Gasteiger partial charge in [0.05, 0.1) is 17.2 Å². The molecule has 1 amide bonds. The van der Waals surface area contributed by atoms with Crippen molar-refractivity contribution in [2.75, 3.05) is 37.7 Å². The molecule has 7 nitrogen and oxygen atoms in total. The maximum absolute atomic E-state index is 13.1. The molecular formula is C17H23ClN2O5S2. The summed E-state index contributed by atoms with van der Waals surface area (Å²) in [6, 6.07) is 4.31. The van der Waals surface area contributed by atoms with E-state index >= 15 is 0 Å². The van der Waals surface area contributed by atoms with E-state index in [4.69, 9.17) is 16.3 Å². The largest absolute Gasteiger partial charge is 0.373 e. The van der Waals surface area contributed by atoms with E-state index in [9.17, 15) is 17.4 Å². The van der Waals surface area contributed by atoms with Crippen molar-refractivity contribution in [1.29, 1.82) is 0 Å². The normalized spacial score (nSPS) is 25.5. The highest BCUT2D eigenvalue weighted by molar-refractivity contribution is 7.89. The van der Waals surface area contributed by atoms with E-state index in [1.807, 2.05) is 13.8 Å². The van der Waals surface area contributed by atoms with Crippen LogP contribution in [0.15, 0.2) is 23.1 Å². The number of carbonyl (C=O) groups excluding carboxylic acids is 1. The lowest BCUT2D eigenvalue weighted by atomic mass is 10.2. The molecule has 2 unspecified atom stereocenters. The molecule has 0 bridgehead atoms. The van der Waals surface area contributed by atoms with Gasteiger partial charge in [0.1, 0.15) is 4.90 Å². The zero-order chi connectivity index (χ0) is 19.8. The zero-order valence-corrected chi connectivity index (χ0v) is 17.6. The van der Waals surface area contributed by atoms with E-state index in [1.165, 1.54) is 22.5 Å². The molecule has 2 aliphatic heterocycles. The smallest absolute Gasteiger partial charge is 0.253 e. The Bertz CT molecular complexity index is 841. The van der Waals surface area contributed by atoms with Crippen molar-refractivity contribution in [1.82, 2.24) is 9.21 Å². The lowest BCUT2D eigenvalue weighted by Gasteiger charge is -2.34. The maximum Gasteiger partial charge on any atom is 0.253 e. The minimum absolute atomic E-state index is 0.0723. The summed E-state index contributed by atoms with van der Waals surface area (Å²) in [6.45, 7) is 4.90. The van der Waals surface area contributed by atoms with E-state index in [0.29, 0.717) is 24.6 Å². The Balaban J connectivity index is 1.88. The van der Waals surface area contributed by atoms with E-state index < -0.39 is 20.8 Å². The molecule has 0 spiro atoms. The van der Waals surface area contributed by atoms with Crippen molar-refractivity contribution in [3.63, 3.8) is 0 Å². The van der Waals surface area contributed by atoms with Crippen molar-refractivity contribution in [3.05, 3.63) is 28.8 Å². The number of ether oxygens (including phenoxy) is 1. The van der Waals surface area contributed by atoms with Gasteiger partial charge in [0.2, 0.25) is 10.0 Å². The number of hydrogen-bond acceptors (Lipinski definition) is 5. The molecule has 10 heteroatoms. The zero-order valence-electron chi connectivity index (χ0n) is 15.3. The van der Waals surface area contributed by atoms with Gasteiger partial charge in [0.15, 0.2) is 0 Å². The van der Waals surface area contributed by atoms with Gasteiger partial charge in [-0.15, -0.1) is 0 Å². The topological polar surface area (TPSA) is 84.0 Å². The van der Waals surface area contributed by atoms with Crippen molar-refractivity contribution >= 4 is 38.3 Å². The van der Waals surface area contributed by atoms with Crippen molar-refractivity contribution < 1.29 is 22.2 Å². The van der Waals surface area contributed by atoms with Gasteiger partial charge < -0.3 is 9.64 Å². The highest BCUT2D eigenvalue weighted by Crippen LogP contribution is 2.28. The predicted molar refractivity (Wildman–Crippen MR) is 104 cm³/mol. The summed E-state index contributed by atoms with van der Waals surface area (Å²) in [5, 5.41) is 0.0816. The second-order valence-corrected chi connectivity index (χ2v) is 10.9. The fourth-order valence-electron chi connectivity index (χ4n) is 3.32. The quantitative estimate of drug-likeness (QED) is 0.716. The average molecular weight is 435 g/mol. The molecule has 2 fully saturated rings. The minimum Gasteiger partial charge on any atom is -0.373 e. The third-order valence-electron chi connectivity index (χ3n) is 4.65. The number of halogens is 1. The van der Waals surface area contributed by atoms with E-state index in [2.05, 4.69) is 0 Å². The number of benzene rings is 1. The molecule has 1 aromatic rings. The van der Waals surface area contributed by atoms with Gasteiger partial charge in [-0.25, -0.2) is 8.42 Å². The maximum atomic E-state index is 13.1. The van der Waals surface area contributed by atoms with Crippen LogP contribution in [0.25, 0.3) is 0 Å². The Labute approximate surface area is 167 Å². The van der Waals surface area contributed by atoms with Crippen LogP contribution in [0.1, 0.15) is 24.2 Å². The average Bonchev–Trinajstić information content (AvgIpc) is 2.61. The lowest BCUT2D eigenvalue weighted by Crippen LogP contribution is -2.48. The number of morpholine rings is 1. The summed E-state index contributed by atoms with van der Waals surface area (Å²) in [5.41, 5.74) is 0.264. The number of carbonyl (C=O) groups is 1. The number of amides is 1. The lowest BCUT2D eigenvalue weighted by molar-refractivity contribution is -0.0440. The highest BCUT2D eigenvalue weighted by atomic mass is 35.5. The second-order valence-electron chi connectivity index (χ2n) is 6.86. The van der Waals surface area contributed by atoms with Gasteiger partial charge in [-0.05, 0) is 32.0 Å². The molecule has 0 saturated carbocycles. The van der Waals surface area contributed by atoms with Crippen LogP contribution >= 0.6 is 11.6 Å². The number of rotatable bonds is 3. The van der Waals surface area contributed by atoms with Crippen LogP contribution < -0.4 is 0 Å². The molecule has 0 aromatic heterocycles. The number of nitrogens with zero attached hydrogens (tertiary/aromatic N) is 2. The monoisotopic (exact) mass is 434 g/mol. The molecule has 0 radical (unpaired) electrons. The Morgan fingerprint density at radius 2 is 1.78 bits per heavy atom. The highest BCUT2D eigenvalue weighted by Gasteiger charge is 2.34. The summed E-state index contributed by atoms with van der Waals surface area (Å²) in [7, 11) is -4.75. The fourth-order valence-corrected chi connectivity index (χ4v) is 6.47. The van der Waals surface area contributed by atoms with Gasteiger partial charge >= 0.3 is 0 Å². The molecule has 2 saturated heterocycles. The molecule has 2 aliphatic rings. The van der Waals surface area contributed by atoms with Crippen molar-refractivity contribution in [2.24, 2.45) is 0 Å². The van der Waals surface area contributed by atoms with E-state index in [1.54, 1.807) is 4.90 Å². The SMILES string of the molecule is CC1CN(S(=O)(=O)c2cc(C(=O)N3CCS(=O)CC3)ccc2Cl)CC(C)O1. The summed E-state index contributed by atoms with van der Waals surface area (Å²) in [5.74, 6) is 0.603. The molecule has 27 heavy (non-hydrogen) atoms. The van der Waals surface area contributed by atoms with Crippen LogP contribution in [0, 0.1) is 0 Å². The Morgan fingerprint density at radius 1 is 1.19 bits per heavy atom. The van der Waals surface area contributed by atoms with Crippen LogP contribution in [-0.2, 0) is 25.6 Å². The first-order valence-electron chi connectivity index (χ1n) is 8.78. The van der Waals surface area contributed by atoms with Gasteiger partial charge in [0, 0.05) is 54.0 Å². The third-order valence-corrected chi connectivity index (χ3v) is 8.24. The molecule has 0 N–H and O–H groups in total. The summed E-state index contributed by atoms with van der Waals surface area (Å²) in [6.07, 6.45) is -0.442. The summed E-state index contributed by atoms with van der Waals surface area (Å²) >= 11 is 6.18.